The number of hydrogen-bond acceptors (Lipinski definition) is 4. The number of aromatic nitrogens is 2. The largest absolute Gasteiger partial charge is 0.487 e. The van der Waals surface area contributed by atoms with Gasteiger partial charge in [0.05, 0.1) is 18.0 Å². The van der Waals surface area contributed by atoms with Crippen molar-refractivity contribution < 1.29 is 13.9 Å². The second-order valence-corrected chi connectivity index (χ2v) is 7.07. The van der Waals surface area contributed by atoms with Crippen molar-refractivity contribution in [2.45, 2.75) is 26.5 Å². The molecular formula is C23H23N3O3. The number of nitrogens with zero attached hydrogens (tertiary/aromatic N) is 3. The molecule has 3 aromatic heterocycles. The minimum absolute atomic E-state index is 0.0729. The van der Waals surface area contributed by atoms with Gasteiger partial charge in [-0.05, 0) is 61.9 Å². The van der Waals surface area contributed by atoms with Crippen molar-refractivity contribution in [2.24, 2.45) is 0 Å². The summed E-state index contributed by atoms with van der Waals surface area (Å²) in [5, 5.41) is 0. The van der Waals surface area contributed by atoms with Crippen LogP contribution in [0.4, 0.5) is 0 Å². The minimum atomic E-state index is -0.146. The average Bonchev–Trinajstić information content (AvgIpc) is 3.41. The molecule has 1 amide bonds. The van der Waals surface area contributed by atoms with Crippen LogP contribution < -0.4 is 4.74 Å². The van der Waals surface area contributed by atoms with E-state index in [4.69, 9.17) is 9.15 Å². The van der Waals surface area contributed by atoms with Crippen LogP contribution >= 0.6 is 0 Å². The molecule has 0 radical (unpaired) electrons. The fraction of sp³-hybridized carbons (Fsp3) is 0.217. The molecule has 0 bridgehead atoms. The Balaban J connectivity index is 1.40. The number of furan rings is 1. The maximum Gasteiger partial charge on any atom is 0.254 e. The van der Waals surface area contributed by atoms with Gasteiger partial charge in [0.1, 0.15) is 23.8 Å². The third-order valence-corrected chi connectivity index (χ3v) is 5.07. The fourth-order valence-corrected chi connectivity index (χ4v) is 3.22. The molecule has 0 saturated carbocycles. The summed E-state index contributed by atoms with van der Waals surface area (Å²) in [6.45, 7) is 4.33. The lowest BCUT2D eigenvalue weighted by molar-refractivity contribution is 0.0726. The number of imidazole rings is 1. The van der Waals surface area contributed by atoms with Gasteiger partial charge in [0.25, 0.3) is 5.91 Å². The van der Waals surface area contributed by atoms with Crippen LogP contribution in [0.2, 0.25) is 0 Å². The van der Waals surface area contributed by atoms with Crippen LogP contribution in [0, 0.1) is 6.92 Å². The summed E-state index contributed by atoms with van der Waals surface area (Å²) in [4.78, 5) is 19.0. The Morgan fingerprint density at radius 2 is 2.00 bits per heavy atom. The smallest absolute Gasteiger partial charge is 0.254 e. The van der Waals surface area contributed by atoms with Crippen LogP contribution in [0.3, 0.4) is 0 Å². The van der Waals surface area contributed by atoms with Crippen molar-refractivity contribution in [3.8, 4) is 5.75 Å². The zero-order valence-corrected chi connectivity index (χ0v) is 16.7. The van der Waals surface area contributed by atoms with E-state index >= 15 is 0 Å². The lowest BCUT2D eigenvalue weighted by atomic mass is 10.1. The highest BCUT2D eigenvalue weighted by molar-refractivity contribution is 5.94. The van der Waals surface area contributed by atoms with E-state index in [-0.39, 0.29) is 11.9 Å². The molecule has 0 aliphatic carbocycles. The van der Waals surface area contributed by atoms with Gasteiger partial charge in [-0.1, -0.05) is 6.07 Å². The number of aryl methyl sites for hydroxylation is 1. The number of benzene rings is 1. The zero-order valence-electron chi connectivity index (χ0n) is 16.7. The van der Waals surface area contributed by atoms with E-state index in [9.17, 15) is 4.79 Å². The number of hydrogen-bond donors (Lipinski definition) is 0. The standard InChI is InChI=1S/C23H23N3O3/c1-16-6-4-12-26-14-19(24-22(16)26)15-29-20-10-8-18(9-11-20)23(27)25(3)17(2)21-7-5-13-28-21/h4-14,17H,15H2,1-3H3. The Hall–Kier alpha value is -3.54. The zero-order chi connectivity index (χ0) is 20.4. The number of pyridine rings is 1. The maximum atomic E-state index is 12.7. The van der Waals surface area contributed by atoms with Crippen molar-refractivity contribution in [1.82, 2.24) is 14.3 Å². The summed E-state index contributed by atoms with van der Waals surface area (Å²) in [6.07, 6.45) is 5.55. The molecular weight excluding hydrogens is 366 g/mol. The lowest BCUT2D eigenvalue weighted by Gasteiger charge is -2.23. The van der Waals surface area contributed by atoms with Gasteiger partial charge in [-0.25, -0.2) is 4.98 Å². The van der Waals surface area contributed by atoms with Crippen molar-refractivity contribution in [3.05, 3.63) is 89.8 Å². The molecule has 29 heavy (non-hydrogen) atoms. The Kier molecular flexibility index (Phi) is 5.08. The highest BCUT2D eigenvalue weighted by Crippen LogP contribution is 2.22. The Labute approximate surface area is 169 Å². The Morgan fingerprint density at radius 3 is 2.69 bits per heavy atom. The minimum Gasteiger partial charge on any atom is -0.487 e. The van der Waals surface area contributed by atoms with Gasteiger partial charge >= 0.3 is 0 Å². The summed E-state index contributed by atoms with van der Waals surface area (Å²) >= 11 is 0. The molecule has 0 aliphatic rings. The van der Waals surface area contributed by atoms with Crippen molar-refractivity contribution in [2.75, 3.05) is 7.05 Å². The average molecular weight is 389 g/mol. The third-order valence-electron chi connectivity index (χ3n) is 5.07. The number of carbonyl (C=O) groups excluding carboxylic acids is 1. The predicted octanol–water partition coefficient (Wildman–Crippen LogP) is 4.65. The van der Waals surface area contributed by atoms with Gasteiger partial charge in [-0.3, -0.25) is 4.79 Å². The number of ether oxygens (including phenoxy) is 1. The maximum absolute atomic E-state index is 12.7. The summed E-state index contributed by atoms with van der Waals surface area (Å²) in [5.41, 5.74) is 3.50. The molecule has 0 N–H and O–H groups in total. The van der Waals surface area contributed by atoms with Crippen molar-refractivity contribution in [3.63, 3.8) is 0 Å². The quantitative estimate of drug-likeness (QED) is 0.482. The van der Waals surface area contributed by atoms with Crippen LogP contribution in [-0.4, -0.2) is 27.2 Å². The van der Waals surface area contributed by atoms with Gasteiger partial charge in [-0.2, -0.15) is 0 Å². The van der Waals surface area contributed by atoms with E-state index in [1.54, 1.807) is 42.5 Å². The molecule has 3 heterocycles. The van der Waals surface area contributed by atoms with Gasteiger partial charge in [0.15, 0.2) is 0 Å². The third kappa shape index (κ3) is 3.87. The van der Waals surface area contributed by atoms with Crippen LogP contribution in [0.5, 0.6) is 5.75 Å². The normalized spacial score (nSPS) is 12.1. The van der Waals surface area contributed by atoms with E-state index in [0.717, 1.165) is 22.7 Å². The predicted molar refractivity (Wildman–Crippen MR) is 110 cm³/mol. The Bertz CT molecular complexity index is 1110. The SMILES string of the molecule is Cc1cccn2cc(COc3ccc(C(=O)N(C)C(C)c4ccco4)cc3)nc12. The number of rotatable bonds is 6. The molecule has 0 spiro atoms. The van der Waals surface area contributed by atoms with E-state index in [0.29, 0.717) is 17.9 Å². The molecule has 6 heteroatoms. The molecule has 6 nitrogen and oxygen atoms in total. The monoisotopic (exact) mass is 389 g/mol. The molecule has 1 unspecified atom stereocenters. The van der Waals surface area contributed by atoms with Gasteiger partial charge in [0, 0.05) is 25.0 Å². The van der Waals surface area contributed by atoms with Crippen LogP contribution in [-0.2, 0) is 6.61 Å². The van der Waals surface area contributed by atoms with Crippen LogP contribution in [0.15, 0.2) is 71.6 Å². The first-order valence-corrected chi connectivity index (χ1v) is 9.49. The molecule has 4 aromatic rings. The molecule has 0 fully saturated rings. The summed E-state index contributed by atoms with van der Waals surface area (Å²) in [5.74, 6) is 1.37. The first kappa shape index (κ1) is 18.8. The topological polar surface area (TPSA) is 60.0 Å². The first-order chi connectivity index (χ1) is 14.0. The summed E-state index contributed by atoms with van der Waals surface area (Å²) in [7, 11) is 1.77. The van der Waals surface area contributed by atoms with E-state index < -0.39 is 0 Å². The highest BCUT2D eigenvalue weighted by atomic mass is 16.5. The number of fused-ring (bicyclic) bond motifs is 1. The summed E-state index contributed by atoms with van der Waals surface area (Å²) in [6, 6.07) is 14.7. The number of amides is 1. The molecule has 0 saturated heterocycles. The highest BCUT2D eigenvalue weighted by Gasteiger charge is 2.20. The molecule has 148 valence electrons. The molecule has 1 aromatic carbocycles. The second kappa shape index (κ2) is 7.83. The van der Waals surface area contributed by atoms with Gasteiger partial charge in [-0.15, -0.1) is 0 Å². The molecule has 0 aliphatic heterocycles. The summed E-state index contributed by atoms with van der Waals surface area (Å²) < 4.78 is 13.2. The number of carbonyl (C=O) groups is 1. The van der Waals surface area contributed by atoms with Crippen molar-refractivity contribution >= 4 is 11.6 Å². The van der Waals surface area contributed by atoms with E-state index in [1.807, 2.05) is 54.9 Å². The first-order valence-electron chi connectivity index (χ1n) is 9.49. The van der Waals surface area contributed by atoms with Gasteiger partial charge < -0.3 is 18.5 Å². The van der Waals surface area contributed by atoms with Gasteiger partial charge in [0.2, 0.25) is 0 Å². The van der Waals surface area contributed by atoms with Crippen molar-refractivity contribution in [1.29, 1.82) is 0 Å². The van der Waals surface area contributed by atoms with Crippen LogP contribution in [0.1, 0.15) is 40.3 Å². The lowest BCUT2D eigenvalue weighted by Crippen LogP contribution is -2.29. The molecule has 1 atom stereocenters. The van der Waals surface area contributed by atoms with Crippen LogP contribution in [0.25, 0.3) is 5.65 Å². The fourth-order valence-electron chi connectivity index (χ4n) is 3.22. The second-order valence-electron chi connectivity index (χ2n) is 7.07. The van der Waals surface area contributed by atoms with E-state index in [2.05, 4.69) is 4.98 Å². The van der Waals surface area contributed by atoms with E-state index in [1.165, 1.54) is 0 Å². The molecule has 4 rings (SSSR count). The Morgan fingerprint density at radius 1 is 1.21 bits per heavy atom.